The number of rotatable bonds is 7. The molecule has 0 unspecified atom stereocenters. The molecule has 0 radical (unpaired) electrons. The lowest BCUT2D eigenvalue weighted by molar-refractivity contribution is -0.119. The predicted molar refractivity (Wildman–Crippen MR) is 66.2 cm³/mol. The number of amides is 1. The van der Waals surface area contributed by atoms with Gasteiger partial charge in [-0.05, 0) is 6.42 Å². The van der Waals surface area contributed by atoms with Crippen LogP contribution in [0.3, 0.4) is 0 Å². The number of hydrogen-bond donors (Lipinski definition) is 2. The lowest BCUT2D eigenvalue weighted by Gasteiger charge is -2.04. The van der Waals surface area contributed by atoms with Gasteiger partial charge in [0, 0.05) is 19.7 Å². The van der Waals surface area contributed by atoms with E-state index in [1.165, 1.54) is 0 Å². The number of anilines is 1. The second-order valence-electron chi connectivity index (χ2n) is 3.75. The summed E-state index contributed by atoms with van der Waals surface area (Å²) < 4.78 is 6.68. The van der Waals surface area contributed by atoms with Gasteiger partial charge in [0.1, 0.15) is 0 Å². The van der Waals surface area contributed by atoms with Gasteiger partial charge in [0.05, 0.1) is 13.7 Å². The van der Waals surface area contributed by atoms with E-state index >= 15 is 0 Å². The molecule has 0 fully saturated rings. The summed E-state index contributed by atoms with van der Waals surface area (Å²) in [5, 5.41) is 9.92. The minimum atomic E-state index is -0.0249. The van der Waals surface area contributed by atoms with Gasteiger partial charge in [0.15, 0.2) is 5.82 Å². The van der Waals surface area contributed by atoms with Gasteiger partial charge >= 0.3 is 0 Å². The molecule has 2 N–H and O–H groups in total. The molecule has 1 aromatic rings. The molecule has 0 spiro atoms. The Labute approximate surface area is 101 Å². The average Bonchev–Trinajstić information content (AvgIpc) is 2.67. The summed E-state index contributed by atoms with van der Waals surface area (Å²) in [4.78, 5) is 11.4. The molecule has 0 saturated heterocycles. The minimum Gasteiger partial charge on any atom is -0.481 e. The number of unbranched alkanes of at least 4 members (excludes halogenated alkanes) is 1. The van der Waals surface area contributed by atoms with E-state index in [0.29, 0.717) is 11.7 Å². The summed E-state index contributed by atoms with van der Waals surface area (Å²) in [7, 11) is 3.36. The first-order chi connectivity index (χ1) is 8.17. The molecule has 0 aromatic carbocycles. The molecule has 1 amide bonds. The summed E-state index contributed by atoms with van der Waals surface area (Å²) >= 11 is 0. The zero-order valence-electron chi connectivity index (χ0n) is 10.6. The van der Waals surface area contributed by atoms with Crippen molar-refractivity contribution in [3.63, 3.8) is 0 Å². The van der Waals surface area contributed by atoms with Crippen molar-refractivity contribution in [1.82, 2.24) is 15.1 Å². The van der Waals surface area contributed by atoms with Crippen molar-refractivity contribution in [1.29, 1.82) is 0 Å². The Balaban J connectivity index is 2.31. The van der Waals surface area contributed by atoms with Crippen molar-refractivity contribution in [2.45, 2.75) is 19.8 Å². The van der Waals surface area contributed by atoms with E-state index in [4.69, 9.17) is 4.74 Å². The molecular weight excluding hydrogens is 220 g/mol. The van der Waals surface area contributed by atoms with Crippen LogP contribution in [0.25, 0.3) is 0 Å². The van der Waals surface area contributed by atoms with E-state index in [0.717, 1.165) is 19.4 Å². The standard InChI is InChI=1S/C11H20N4O2/c1-4-5-6-12-10(16)8-13-9-7-11(17-3)15(2)14-9/h7H,4-6,8H2,1-3H3,(H,12,16)(H,13,14). The lowest BCUT2D eigenvalue weighted by atomic mass is 10.3. The van der Waals surface area contributed by atoms with Gasteiger partial charge in [0.25, 0.3) is 0 Å². The van der Waals surface area contributed by atoms with Crippen molar-refractivity contribution in [2.75, 3.05) is 25.5 Å². The highest BCUT2D eigenvalue weighted by molar-refractivity contribution is 5.80. The predicted octanol–water partition coefficient (Wildman–Crippen LogP) is 0.757. The zero-order chi connectivity index (χ0) is 12.7. The SMILES string of the molecule is CCCCNC(=O)CNc1cc(OC)n(C)n1. The van der Waals surface area contributed by atoms with Crippen molar-refractivity contribution >= 4 is 11.7 Å². The van der Waals surface area contributed by atoms with E-state index in [9.17, 15) is 4.79 Å². The molecule has 0 saturated carbocycles. The van der Waals surface area contributed by atoms with Crippen LogP contribution in [0.1, 0.15) is 19.8 Å². The van der Waals surface area contributed by atoms with Crippen LogP contribution < -0.4 is 15.4 Å². The highest BCUT2D eigenvalue weighted by Gasteiger charge is 2.06. The normalized spacial score (nSPS) is 10.1. The zero-order valence-corrected chi connectivity index (χ0v) is 10.6. The Hall–Kier alpha value is -1.72. The largest absolute Gasteiger partial charge is 0.481 e. The quantitative estimate of drug-likeness (QED) is 0.690. The Kier molecular flexibility index (Phi) is 5.32. The molecule has 0 aliphatic carbocycles. The van der Waals surface area contributed by atoms with Gasteiger partial charge < -0.3 is 15.4 Å². The first-order valence-corrected chi connectivity index (χ1v) is 5.76. The number of ether oxygens (including phenoxy) is 1. The molecule has 0 aliphatic rings. The lowest BCUT2D eigenvalue weighted by Crippen LogP contribution is -2.30. The molecule has 96 valence electrons. The fraction of sp³-hybridized carbons (Fsp3) is 0.636. The van der Waals surface area contributed by atoms with Crippen LogP contribution in [0.5, 0.6) is 5.88 Å². The molecule has 17 heavy (non-hydrogen) atoms. The maximum atomic E-state index is 11.4. The first kappa shape index (κ1) is 13.3. The summed E-state index contributed by atoms with van der Waals surface area (Å²) in [6.07, 6.45) is 2.08. The number of aromatic nitrogens is 2. The van der Waals surface area contributed by atoms with Gasteiger partial charge in [-0.1, -0.05) is 13.3 Å². The van der Waals surface area contributed by atoms with Gasteiger partial charge in [-0.15, -0.1) is 0 Å². The third-order valence-corrected chi connectivity index (χ3v) is 2.33. The van der Waals surface area contributed by atoms with Gasteiger partial charge in [-0.25, -0.2) is 4.68 Å². The molecule has 6 nitrogen and oxygen atoms in total. The summed E-state index contributed by atoms with van der Waals surface area (Å²) in [6.45, 7) is 3.04. The Morgan fingerprint density at radius 2 is 2.35 bits per heavy atom. The second-order valence-corrected chi connectivity index (χ2v) is 3.75. The van der Waals surface area contributed by atoms with Crippen LogP contribution in [-0.2, 0) is 11.8 Å². The molecule has 0 bridgehead atoms. The second kappa shape index (κ2) is 6.78. The first-order valence-electron chi connectivity index (χ1n) is 5.76. The highest BCUT2D eigenvalue weighted by Crippen LogP contribution is 2.14. The topological polar surface area (TPSA) is 68.2 Å². The molecular formula is C11H20N4O2. The number of nitrogens with one attached hydrogen (secondary N) is 2. The van der Waals surface area contributed by atoms with E-state index in [2.05, 4.69) is 22.7 Å². The van der Waals surface area contributed by atoms with Crippen molar-refractivity contribution in [2.24, 2.45) is 7.05 Å². The highest BCUT2D eigenvalue weighted by atomic mass is 16.5. The smallest absolute Gasteiger partial charge is 0.239 e. The van der Waals surface area contributed by atoms with Gasteiger partial charge in [0.2, 0.25) is 11.8 Å². The van der Waals surface area contributed by atoms with Crippen LogP contribution in [0.2, 0.25) is 0 Å². The molecule has 1 heterocycles. The van der Waals surface area contributed by atoms with Crippen LogP contribution in [0.4, 0.5) is 5.82 Å². The van der Waals surface area contributed by atoms with Gasteiger partial charge in [-0.2, -0.15) is 5.10 Å². The van der Waals surface area contributed by atoms with Crippen molar-refractivity contribution < 1.29 is 9.53 Å². The van der Waals surface area contributed by atoms with E-state index in [-0.39, 0.29) is 12.5 Å². The summed E-state index contributed by atoms with van der Waals surface area (Å²) in [6, 6.07) is 1.75. The fourth-order valence-corrected chi connectivity index (χ4v) is 1.37. The number of methoxy groups -OCH3 is 1. The van der Waals surface area contributed by atoms with Crippen LogP contribution in [-0.4, -0.2) is 35.9 Å². The summed E-state index contributed by atoms with van der Waals surface area (Å²) in [5.74, 6) is 1.26. The van der Waals surface area contributed by atoms with E-state index in [1.54, 1.807) is 24.9 Å². The van der Waals surface area contributed by atoms with Gasteiger partial charge in [-0.3, -0.25) is 4.79 Å². The number of hydrogen-bond acceptors (Lipinski definition) is 4. The number of carbonyl (C=O) groups excluding carboxylic acids is 1. The maximum Gasteiger partial charge on any atom is 0.239 e. The molecule has 1 aromatic heterocycles. The maximum absolute atomic E-state index is 11.4. The Morgan fingerprint density at radius 1 is 1.59 bits per heavy atom. The number of aryl methyl sites for hydroxylation is 1. The molecule has 0 aliphatic heterocycles. The van der Waals surface area contributed by atoms with Crippen molar-refractivity contribution in [3.05, 3.63) is 6.07 Å². The monoisotopic (exact) mass is 240 g/mol. The van der Waals surface area contributed by atoms with Crippen molar-refractivity contribution in [3.8, 4) is 5.88 Å². The number of nitrogens with zero attached hydrogens (tertiary/aromatic N) is 2. The average molecular weight is 240 g/mol. The van der Waals surface area contributed by atoms with Crippen LogP contribution in [0, 0.1) is 0 Å². The molecule has 6 heteroatoms. The third kappa shape index (κ3) is 4.34. The minimum absolute atomic E-state index is 0.0249. The number of carbonyl (C=O) groups is 1. The van der Waals surface area contributed by atoms with Crippen LogP contribution >= 0.6 is 0 Å². The van der Waals surface area contributed by atoms with Crippen LogP contribution in [0.15, 0.2) is 6.07 Å². The van der Waals surface area contributed by atoms with E-state index < -0.39 is 0 Å². The molecule has 1 rings (SSSR count). The fourth-order valence-electron chi connectivity index (χ4n) is 1.37. The molecule has 0 atom stereocenters. The Morgan fingerprint density at radius 3 is 2.94 bits per heavy atom. The van der Waals surface area contributed by atoms with E-state index in [1.807, 2.05) is 0 Å². The third-order valence-electron chi connectivity index (χ3n) is 2.33. The Bertz CT molecular complexity index is 362. The summed E-state index contributed by atoms with van der Waals surface area (Å²) in [5.41, 5.74) is 0.